The molecule has 0 aliphatic heterocycles. The molecule has 0 aromatic carbocycles. The van der Waals surface area contributed by atoms with Crippen LogP contribution in [0.1, 0.15) is 10.4 Å². The minimum atomic E-state index is 0.505. The van der Waals surface area contributed by atoms with Crippen LogP contribution < -0.4 is 5.32 Å². The van der Waals surface area contributed by atoms with Gasteiger partial charge >= 0.3 is 0 Å². The molecule has 2 nitrogen and oxygen atoms in total. The highest BCUT2D eigenvalue weighted by molar-refractivity contribution is 9.13. The van der Waals surface area contributed by atoms with Crippen LogP contribution in [0.25, 0.3) is 0 Å². The van der Waals surface area contributed by atoms with Crippen molar-refractivity contribution in [3.63, 3.8) is 0 Å². The van der Waals surface area contributed by atoms with E-state index in [-0.39, 0.29) is 0 Å². The summed E-state index contributed by atoms with van der Waals surface area (Å²) < 4.78 is 2.18. The van der Waals surface area contributed by atoms with E-state index in [0.717, 1.165) is 26.1 Å². The molecule has 0 saturated heterocycles. The molecule has 2 aromatic rings. The number of rotatable bonds is 3. The molecule has 0 unspecified atom stereocenters. The zero-order valence-corrected chi connectivity index (χ0v) is 13.7. The number of halogens is 3. The Balaban J connectivity index is 2.09. The summed E-state index contributed by atoms with van der Waals surface area (Å²) in [5.41, 5.74) is 1.96. The van der Waals surface area contributed by atoms with Crippen molar-refractivity contribution in [1.82, 2.24) is 4.98 Å². The predicted octanol–water partition coefficient (Wildman–Crippen LogP) is 5.24. The van der Waals surface area contributed by atoms with Crippen LogP contribution in [-0.2, 0) is 6.54 Å². The van der Waals surface area contributed by atoms with E-state index in [1.807, 2.05) is 13.0 Å². The normalized spacial score (nSPS) is 10.6. The Kier molecular flexibility index (Phi) is 4.47. The molecule has 0 aliphatic carbocycles. The van der Waals surface area contributed by atoms with Crippen LogP contribution in [0.5, 0.6) is 0 Å². The molecule has 0 fully saturated rings. The maximum atomic E-state index is 6.01. The van der Waals surface area contributed by atoms with Gasteiger partial charge in [0.15, 0.2) is 5.15 Å². The summed E-state index contributed by atoms with van der Waals surface area (Å²) >= 11 is 14.6. The fourth-order valence-electron chi connectivity index (χ4n) is 1.34. The van der Waals surface area contributed by atoms with E-state index in [4.69, 9.17) is 11.6 Å². The van der Waals surface area contributed by atoms with Crippen LogP contribution in [0.3, 0.4) is 0 Å². The highest BCUT2D eigenvalue weighted by Crippen LogP contribution is 2.33. The molecular formula is C11H9Br2ClN2S. The molecule has 0 saturated carbocycles. The first-order valence-corrected chi connectivity index (χ1v) is 7.64. The summed E-state index contributed by atoms with van der Waals surface area (Å²) in [5.74, 6) is 0. The van der Waals surface area contributed by atoms with E-state index in [2.05, 4.69) is 48.2 Å². The summed E-state index contributed by atoms with van der Waals surface area (Å²) in [5, 5.41) is 3.79. The third-order valence-electron chi connectivity index (χ3n) is 2.13. The molecule has 2 heterocycles. The van der Waals surface area contributed by atoms with Crippen LogP contribution in [0.2, 0.25) is 5.15 Å². The second-order valence-corrected chi connectivity index (χ2v) is 7.21. The quantitative estimate of drug-likeness (QED) is 0.718. The van der Waals surface area contributed by atoms with Gasteiger partial charge in [-0.1, -0.05) is 11.6 Å². The fraction of sp³-hybridized carbons (Fsp3) is 0.182. The zero-order chi connectivity index (χ0) is 12.4. The lowest BCUT2D eigenvalue weighted by Gasteiger charge is -2.07. The fourth-order valence-corrected chi connectivity index (χ4v) is 3.62. The Hall–Kier alpha value is -0.100. The van der Waals surface area contributed by atoms with Gasteiger partial charge in [-0.3, -0.25) is 0 Å². The average molecular weight is 397 g/mol. The van der Waals surface area contributed by atoms with Crippen LogP contribution in [0.15, 0.2) is 26.6 Å². The Morgan fingerprint density at radius 2 is 2.18 bits per heavy atom. The highest BCUT2D eigenvalue weighted by Gasteiger charge is 2.06. The monoisotopic (exact) mass is 394 g/mol. The molecule has 2 aromatic heterocycles. The SMILES string of the molecule is Cc1cnc(Cl)c(NCc2cc(Br)c(Br)s2)c1. The van der Waals surface area contributed by atoms with Crippen molar-refractivity contribution < 1.29 is 0 Å². The summed E-state index contributed by atoms with van der Waals surface area (Å²) in [6.07, 6.45) is 1.76. The third kappa shape index (κ3) is 3.44. The number of hydrogen-bond acceptors (Lipinski definition) is 3. The standard InChI is InChI=1S/C11H9Br2ClN2S/c1-6-2-9(11(14)16-4-6)15-5-7-3-8(12)10(13)17-7/h2-4,15H,5H2,1H3. The molecule has 0 spiro atoms. The molecule has 0 aliphatic rings. The molecule has 90 valence electrons. The number of nitrogens with zero attached hydrogens (tertiary/aromatic N) is 1. The molecule has 17 heavy (non-hydrogen) atoms. The van der Waals surface area contributed by atoms with Crippen LogP contribution in [0.4, 0.5) is 5.69 Å². The Labute approximate surface area is 126 Å². The van der Waals surface area contributed by atoms with Gasteiger partial charge in [-0.2, -0.15) is 0 Å². The van der Waals surface area contributed by atoms with Gasteiger partial charge in [0.1, 0.15) is 0 Å². The van der Waals surface area contributed by atoms with Crippen LogP contribution >= 0.6 is 54.8 Å². The summed E-state index contributed by atoms with van der Waals surface area (Å²) in [6.45, 7) is 2.73. The van der Waals surface area contributed by atoms with Crippen molar-refractivity contribution in [2.45, 2.75) is 13.5 Å². The van der Waals surface area contributed by atoms with Gasteiger partial charge in [-0.25, -0.2) is 4.98 Å². The summed E-state index contributed by atoms with van der Waals surface area (Å²) in [6, 6.07) is 4.08. The van der Waals surface area contributed by atoms with Crippen LogP contribution in [0, 0.1) is 6.92 Å². The lowest BCUT2D eigenvalue weighted by molar-refractivity contribution is 1.16. The Morgan fingerprint density at radius 3 is 2.82 bits per heavy atom. The van der Waals surface area contributed by atoms with Crippen LogP contribution in [-0.4, -0.2) is 4.98 Å². The first-order valence-electron chi connectivity index (χ1n) is 4.86. The van der Waals surface area contributed by atoms with E-state index >= 15 is 0 Å². The van der Waals surface area contributed by atoms with Crippen molar-refractivity contribution in [2.75, 3.05) is 5.32 Å². The Bertz CT molecular complexity index is 523. The largest absolute Gasteiger partial charge is 0.378 e. The third-order valence-corrected chi connectivity index (χ3v) is 5.68. The maximum Gasteiger partial charge on any atom is 0.152 e. The van der Waals surface area contributed by atoms with Gasteiger partial charge < -0.3 is 5.32 Å². The summed E-state index contributed by atoms with van der Waals surface area (Å²) in [7, 11) is 0. The predicted molar refractivity (Wildman–Crippen MR) is 81.0 cm³/mol. The molecule has 0 atom stereocenters. The number of pyridine rings is 1. The number of nitrogens with one attached hydrogen (secondary N) is 1. The first-order chi connectivity index (χ1) is 8.06. The molecule has 0 bridgehead atoms. The smallest absolute Gasteiger partial charge is 0.152 e. The molecule has 6 heteroatoms. The Morgan fingerprint density at radius 1 is 1.41 bits per heavy atom. The van der Waals surface area contributed by atoms with Gasteiger partial charge in [0.25, 0.3) is 0 Å². The number of aromatic nitrogens is 1. The van der Waals surface area contributed by atoms with Gasteiger partial charge in [-0.05, 0) is 56.5 Å². The topological polar surface area (TPSA) is 24.9 Å². The van der Waals surface area contributed by atoms with Gasteiger partial charge in [-0.15, -0.1) is 11.3 Å². The van der Waals surface area contributed by atoms with Crippen molar-refractivity contribution in [2.24, 2.45) is 0 Å². The number of thiophene rings is 1. The van der Waals surface area contributed by atoms with Gasteiger partial charge in [0.2, 0.25) is 0 Å². The molecule has 2 rings (SSSR count). The average Bonchev–Trinajstić information content (AvgIpc) is 2.60. The van der Waals surface area contributed by atoms with E-state index in [1.54, 1.807) is 17.5 Å². The first kappa shape index (κ1) is 13.3. The second-order valence-electron chi connectivity index (χ2n) is 3.54. The minimum absolute atomic E-state index is 0.505. The van der Waals surface area contributed by atoms with Crippen molar-refractivity contribution in [1.29, 1.82) is 0 Å². The van der Waals surface area contributed by atoms with E-state index in [0.29, 0.717) is 5.15 Å². The van der Waals surface area contributed by atoms with Crippen molar-refractivity contribution in [3.8, 4) is 0 Å². The minimum Gasteiger partial charge on any atom is -0.378 e. The molecular weight excluding hydrogens is 387 g/mol. The van der Waals surface area contributed by atoms with E-state index < -0.39 is 0 Å². The van der Waals surface area contributed by atoms with E-state index in [9.17, 15) is 0 Å². The maximum absolute atomic E-state index is 6.01. The van der Waals surface area contributed by atoms with Gasteiger partial charge in [0, 0.05) is 22.1 Å². The number of anilines is 1. The lowest BCUT2D eigenvalue weighted by Crippen LogP contribution is -1.99. The molecule has 0 amide bonds. The van der Waals surface area contributed by atoms with E-state index in [1.165, 1.54) is 4.88 Å². The highest BCUT2D eigenvalue weighted by atomic mass is 79.9. The lowest BCUT2D eigenvalue weighted by atomic mass is 10.3. The van der Waals surface area contributed by atoms with Gasteiger partial charge in [0.05, 0.1) is 9.47 Å². The molecule has 1 N–H and O–H groups in total. The zero-order valence-electron chi connectivity index (χ0n) is 8.93. The molecule has 0 radical (unpaired) electrons. The van der Waals surface area contributed by atoms with Crippen molar-refractivity contribution in [3.05, 3.63) is 42.2 Å². The second kappa shape index (κ2) is 5.69. The summed E-state index contributed by atoms with van der Waals surface area (Å²) in [4.78, 5) is 5.32. The number of aryl methyl sites for hydroxylation is 1. The number of hydrogen-bond donors (Lipinski definition) is 1. The van der Waals surface area contributed by atoms with Crippen molar-refractivity contribution >= 4 is 60.5 Å².